The van der Waals surface area contributed by atoms with Gasteiger partial charge in [0.2, 0.25) is 0 Å². The lowest BCUT2D eigenvalue weighted by Crippen LogP contribution is -2.45. The summed E-state index contributed by atoms with van der Waals surface area (Å²) < 4.78 is 0. The molecule has 0 aromatic carbocycles. The van der Waals surface area contributed by atoms with E-state index in [4.69, 9.17) is 0 Å². The molecule has 0 spiro atoms. The minimum absolute atomic E-state index is 0.132. The van der Waals surface area contributed by atoms with Gasteiger partial charge in [-0.2, -0.15) is 0 Å². The zero-order valence-electron chi connectivity index (χ0n) is 13.2. The van der Waals surface area contributed by atoms with Gasteiger partial charge in [-0.3, -0.25) is 0 Å². The Balaban J connectivity index is 2.37. The van der Waals surface area contributed by atoms with Gasteiger partial charge in [0.15, 0.2) is 0 Å². The van der Waals surface area contributed by atoms with Gasteiger partial charge in [-0.15, -0.1) is 0 Å². The van der Waals surface area contributed by atoms with Crippen LogP contribution in [0, 0.1) is 17.8 Å². The van der Waals surface area contributed by atoms with Gasteiger partial charge in [-0.25, -0.2) is 4.79 Å². The minimum Gasteiger partial charge on any atom is -0.338 e. The van der Waals surface area contributed by atoms with Gasteiger partial charge in [-0.05, 0) is 30.6 Å². The van der Waals surface area contributed by atoms with Crippen molar-refractivity contribution in [3.63, 3.8) is 0 Å². The second-order valence-electron chi connectivity index (χ2n) is 6.88. The number of carbonyl (C=O) groups excluding carboxylic acids is 1. The van der Waals surface area contributed by atoms with Crippen LogP contribution in [0.2, 0.25) is 0 Å². The lowest BCUT2D eigenvalue weighted by molar-refractivity contribution is 0.180. The number of nitrogens with zero attached hydrogens (tertiary/aromatic N) is 1. The van der Waals surface area contributed by atoms with Crippen LogP contribution in [0.15, 0.2) is 0 Å². The fourth-order valence-corrected chi connectivity index (χ4v) is 2.86. The third kappa shape index (κ3) is 6.84. The van der Waals surface area contributed by atoms with Crippen LogP contribution >= 0.6 is 0 Å². The Morgan fingerprint density at radius 3 is 2.05 bits per heavy atom. The maximum absolute atomic E-state index is 12.3. The average molecular weight is 268 g/mol. The summed E-state index contributed by atoms with van der Waals surface area (Å²) >= 11 is 0. The van der Waals surface area contributed by atoms with Gasteiger partial charge in [0.1, 0.15) is 0 Å². The van der Waals surface area contributed by atoms with Gasteiger partial charge in [0.25, 0.3) is 0 Å². The molecular weight excluding hydrogens is 236 g/mol. The van der Waals surface area contributed by atoms with E-state index in [1.807, 2.05) is 4.90 Å². The molecule has 1 aliphatic carbocycles. The Kier molecular flexibility index (Phi) is 7.25. The highest BCUT2D eigenvalue weighted by molar-refractivity contribution is 5.74. The quantitative estimate of drug-likeness (QED) is 0.778. The molecule has 1 N–H and O–H groups in total. The first-order chi connectivity index (χ1) is 8.99. The maximum Gasteiger partial charge on any atom is 0.317 e. The normalized spacial score (nSPS) is 16.9. The summed E-state index contributed by atoms with van der Waals surface area (Å²) in [5.74, 6) is 1.76. The molecule has 3 heteroatoms. The SMILES string of the molecule is CC(C)CN(CC(C)C)C(=O)NCC1CCCCC1. The predicted octanol–water partition coefficient (Wildman–Crippen LogP) is 3.89. The smallest absolute Gasteiger partial charge is 0.317 e. The summed E-state index contributed by atoms with van der Waals surface area (Å²) in [4.78, 5) is 14.3. The zero-order valence-corrected chi connectivity index (χ0v) is 13.2. The Hall–Kier alpha value is -0.730. The first kappa shape index (κ1) is 16.3. The Morgan fingerprint density at radius 1 is 1.05 bits per heavy atom. The van der Waals surface area contributed by atoms with Crippen LogP contribution in [-0.2, 0) is 0 Å². The second kappa shape index (κ2) is 8.44. The molecule has 0 aromatic rings. The van der Waals surface area contributed by atoms with Gasteiger partial charge < -0.3 is 10.2 Å². The van der Waals surface area contributed by atoms with Crippen molar-refractivity contribution in [1.29, 1.82) is 0 Å². The van der Waals surface area contributed by atoms with Crippen LogP contribution < -0.4 is 5.32 Å². The highest BCUT2D eigenvalue weighted by Gasteiger charge is 2.18. The number of rotatable bonds is 6. The van der Waals surface area contributed by atoms with E-state index < -0.39 is 0 Å². The predicted molar refractivity (Wildman–Crippen MR) is 81.2 cm³/mol. The molecule has 3 nitrogen and oxygen atoms in total. The number of nitrogens with one attached hydrogen (secondary N) is 1. The lowest BCUT2D eigenvalue weighted by atomic mass is 9.89. The Morgan fingerprint density at radius 2 is 1.58 bits per heavy atom. The fourth-order valence-electron chi connectivity index (χ4n) is 2.86. The van der Waals surface area contributed by atoms with Gasteiger partial charge >= 0.3 is 6.03 Å². The number of carbonyl (C=O) groups is 1. The molecule has 0 bridgehead atoms. The second-order valence-corrected chi connectivity index (χ2v) is 6.88. The van der Waals surface area contributed by atoms with Crippen LogP contribution in [0.5, 0.6) is 0 Å². The van der Waals surface area contributed by atoms with E-state index in [1.54, 1.807) is 0 Å². The zero-order chi connectivity index (χ0) is 14.3. The highest BCUT2D eigenvalue weighted by Crippen LogP contribution is 2.22. The molecule has 2 amide bonds. The average Bonchev–Trinajstić information content (AvgIpc) is 2.35. The molecule has 1 saturated carbocycles. The van der Waals surface area contributed by atoms with E-state index in [0.29, 0.717) is 17.8 Å². The molecule has 0 heterocycles. The van der Waals surface area contributed by atoms with Crippen molar-refractivity contribution in [2.45, 2.75) is 59.8 Å². The largest absolute Gasteiger partial charge is 0.338 e. The van der Waals surface area contributed by atoms with E-state index in [1.165, 1.54) is 32.1 Å². The van der Waals surface area contributed by atoms with Crippen molar-refractivity contribution in [3.05, 3.63) is 0 Å². The Bertz CT molecular complexity index is 247. The van der Waals surface area contributed by atoms with Gasteiger partial charge in [0, 0.05) is 19.6 Å². The molecule has 0 atom stereocenters. The van der Waals surface area contributed by atoms with Gasteiger partial charge in [0.05, 0.1) is 0 Å². The summed E-state index contributed by atoms with van der Waals surface area (Å²) in [6, 6.07) is 0.132. The van der Waals surface area contributed by atoms with E-state index >= 15 is 0 Å². The number of urea groups is 1. The summed E-state index contributed by atoms with van der Waals surface area (Å²) in [7, 11) is 0. The number of hydrogen-bond acceptors (Lipinski definition) is 1. The van der Waals surface area contributed by atoms with E-state index in [2.05, 4.69) is 33.0 Å². The fraction of sp³-hybridized carbons (Fsp3) is 0.938. The monoisotopic (exact) mass is 268 g/mol. The highest BCUT2D eigenvalue weighted by atomic mass is 16.2. The van der Waals surface area contributed by atoms with Crippen molar-refractivity contribution < 1.29 is 4.79 Å². The molecule has 0 unspecified atom stereocenters. The van der Waals surface area contributed by atoms with Crippen molar-refractivity contribution >= 4 is 6.03 Å². The van der Waals surface area contributed by atoms with Crippen molar-refractivity contribution in [2.24, 2.45) is 17.8 Å². The summed E-state index contributed by atoms with van der Waals surface area (Å²) in [5.41, 5.74) is 0. The Labute approximate surface area is 119 Å². The van der Waals surface area contributed by atoms with Crippen LogP contribution in [0.3, 0.4) is 0 Å². The lowest BCUT2D eigenvalue weighted by Gasteiger charge is -2.28. The first-order valence-electron chi connectivity index (χ1n) is 8.01. The van der Waals surface area contributed by atoms with Crippen molar-refractivity contribution in [3.8, 4) is 0 Å². The molecule has 1 aliphatic rings. The van der Waals surface area contributed by atoms with Crippen molar-refractivity contribution in [1.82, 2.24) is 10.2 Å². The van der Waals surface area contributed by atoms with Crippen LogP contribution in [0.4, 0.5) is 4.79 Å². The standard InChI is InChI=1S/C16H32N2O/c1-13(2)11-18(12-14(3)4)16(19)17-10-15-8-6-5-7-9-15/h13-15H,5-12H2,1-4H3,(H,17,19). The summed E-state index contributed by atoms with van der Waals surface area (Å²) in [6.45, 7) is 11.3. The molecule has 1 fully saturated rings. The third-order valence-corrected chi connectivity index (χ3v) is 3.72. The van der Waals surface area contributed by atoms with Crippen LogP contribution in [0.25, 0.3) is 0 Å². The van der Waals surface area contributed by atoms with Crippen LogP contribution in [0.1, 0.15) is 59.8 Å². The number of hydrogen-bond donors (Lipinski definition) is 1. The van der Waals surface area contributed by atoms with Crippen molar-refractivity contribution in [2.75, 3.05) is 19.6 Å². The molecule has 0 radical (unpaired) electrons. The molecule has 19 heavy (non-hydrogen) atoms. The van der Waals surface area contributed by atoms with Gasteiger partial charge in [-0.1, -0.05) is 47.0 Å². The van der Waals surface area contributed by atoms with E-state index in [9.17, 15) is 4.79 Å². The third-order valence-electron chi connectivity index (χ3n) is 3.72. The molecule has 1 rings (SSSR count). The summed E-state index contributed by atoms with van der Waals surface area (Å²) in [6.07, 6.45) is 6.62. The summed E-state index contributed by atoms with van der Waals surface area (Å²) in [5, 5.41) is 3.15. The molecule has 0 aromatic heterocycles. The number of amides is 2. The topological polar surface area (TPSA) is 32.3 Å². The molecular formula is C16H32N2O. The van der Waals surface area contributed by atoms with E-state index in [0.717, 1.165) is 19.6 Å². The molecule has 0 saturated heterocycles. The molecule has 0 aliphatic heterocycles. The van der Waals surface area contributed by atoms with E-state index in [-0.39, 0.29) is 6.03 Å². The first-order valence-corrected chi connectivity index (χ1v) is 8.01. The molecule has 112 valence electrons. The van der Waals surface area contributed by atoms with Crippen LogP contribution in [-0.4, -0.2) is 30.6 Å². The minimum atomic E-state index is 0.132. The maximum atomic E-state index is 12.3.